The molecule has 4 rings (SSSR count). The summed E-state index contributed by atoms with van der Waals surface area (Å²) in [4.78, 5) is 17.9. The van der Waals surface area contributed by atoms with Gasteiger partial charge in [0.2, 0.25) is 5.91 Å². The zero-order valence-corrected chi connectivity index (χ0v) is 18.6. The molecule has 0 spiro atoms. The lowest BCUT2D eigenvalue weighted by Crippen LogP contribution is -2.32. The lowest BCUT2D eigenvalue weighted by Gasteiger charge is -2.32. The first-order chi connectivity index (χ1) is 14.0. The van der Waals surface area contributed by atoms with Crippen molar-refractivity contribution >= 4 is 38.4 Å². The van der Waals surface area contributed by atoms with Crippen molar-refractivity contribution in [2.45, 2.75) is 39.2 Å². The summed E-state index contributed by atoms with van der Waals surface area (Å²) < 4.78 is 1.12. The van der Waals surface area contributed by atoms with Crippen LogP contribution in [-0.2, 0) is 11.3 Å². The maximum Gasteiger partial charge on any atom is 0.226 e. The Morgan fingerprint density at radius 3 is 2.76 bits per heavy atom. The van der Waals surface area contributed by atoms with E-state index in [2.05, 4.69) is 73.7 Å². The monoisotopic (exact) mass is 453 g/mol. The van der Waals surface area contributed by atoms with Gasteiger partial charge >= 0.3 is 0 Å². The maximum atomic E-state index is 12.0. The highest BCUT2D eigenvalue weighted by atomic mass is 79.9. The number of nitrogens with one attached hydrogen (secondary N) is 2. The first-order valence-electron chi connectivity index (χ1n) is 10.4. The van der Waals surface area contributed by atoms with Crippen LogP contribution in [0.15, 0.2) is 53.1 Å². The molecule has 152 valence electrons. The molecule has 3 aromatic rings. The number of anilines is 1. The minimum Gasteiger partial charge on any atom is -0.361 e. The molecule has 4 nitrogen and oxygen atoms in total. The molecule has 2 N–H and O–H groups in total. The van der Waals surface area contributed by atoms with E-state index in [0.29, 0.717) is 5.92 Å². The van der Waals surface area contributed by atoms with E-state index in [1.54, 1.807) is 0 Å². The number of amides is 1. The van der Waals surface area contributed by atoms with E-state index in [0.717, 1.165) is 42.6 Å². The number of H-pyrrole nitrogens is 1. The molecule has 1 aliphatic rings. The van der Waals surface area contributed by atoms with E-state index in [9.17, 15) is 4.79 Å². The topological polar surface area (TPSA) is 48.1 Å². The largest absolute Gasteiger partial charge is 0.361 e. The van der Waals surface area contributed by atoms with Gasteiger partial charge in [-0.05, 0) is 73.3 Å². The molecule has 1 aliphatic heterocycles. The number of likely N-dealkylation sites (tertiary alicyclic amines) is 1. The van der Waals surface area contributed by atoms with Gasteiger partial charge in [-0.3, -0.25) is 9.69 Å². The number of nitrogens with zero attached hydrogens (tertiary/aromatic N) is 1. The first kappa shape index (κ1) is 20.2. The van der Waals surface area contributed by atoms with Gasteiger partial charge in [0.25, 0.3) is 0 Å². The van der Waals surface area contributed by atoms with Crippen molar-refractivity contribution in [3.05, 3.63) is 64.3 Å². The average Bonchev–Trinajstić information content (AvgIpc) is 3.10. The van der Waals surface area contributed by atoms with Gasteiger partial charge in [-0.2, -0.15) is 0 Å². The summed E-state index contributed by atoms with van der Waals surface area (Å²) in [6, 6.07) is 14.8. The van der Waals surface area contributed by atoms with Gasteiger partial charge in [-0.25, -0.2) is 0 Å². The normalized spacial score (nSPS) is 15.9. The quantitative estimate of drug-likeness (QED) is 0.504. The second-order valence-electron chi connectivity index (χ2n) is 8.32. The van der Waals surface area contributed by atoms with E-state index in [-0.39, 0.29) is 11.8 Å². The van der Waals surface area contributed by atoms with Crippen molar-refractivity contribution in [2.24, 2.45) is 5.92 Å². The number of halogens is 1. The molecule has 0 aliphatic carbocycles. The molecule has 0 unspecified atom stereocenters. The molecular weight excluding hydrogens is 426 g/mol. The van der Waals surface area contributed by atoms with Gasteiger partial charge in [-0.15, -0.1) is 0 Å². The summed E-state index contributed by atoms with van der Waals surface area (Å²) in [5.41, 5.74) is 4.80. The van der Waals surface area contributed by atoms with Crippen LogP contribution in [0, 0.1) is 5.92 Å². The summed E-state index contributed by atoms with van der Waals surface area (Å²) in [6.45, 7) is 7.00. The van der Waals surface area contributed by atoms with Crippen LogP contribution >= 0.6 is 15.9 Å². The third kappa shape index (κ3) is 4.73. The van der Waals surface area contributed by atoms with Crippen LogP contribution in [0.1, 0.15) is 43.7 Å². The number of hydrogen-bond donors (Lipinski definition) is 2. The molecule has 1 saturated heterocycles. The fraction of sp³-hybridized carbons (Fsp3) is 0.375. The molecule has 1 aromatic heterocycles. The molecule has 0 radical (unpaired) electrons. The van der Waals surface area contributed by atoms with E-state index in [1.807, 2.05) is 19.9 Å². The lowest BCUT2D eigenvalue weighted by molar-refractivity contribution is -0.118. The van der Waals surface area contributed by atoms with Crippen LogP contribution in [0.25, 0.3) is 10.9 Å². The smallest absolute Gasteiger partial charge is 0.226 e. The average molecular weight is 454 g/mol. The van der Waals surface area contributed by atoms with Crippen molar-refractivity contribution in [3.63, 3.8) is 0 Å². The van der Waals surface area contributed by atoms with Crippen LogP contribution in [0.2, 0.25) is 0 Å². The van der Waals surface area contributed by atoms with Crippen molar-refractivity contribution in [3.8, 4) is 0 Å². The van der Waals surface area contributed by atoms with Gasteiger partial charge in [0.1, 0.15) is 0 Å². The lowest BCUT2D eigenvalue weighted by atomic mass is 9.89. The number of benzene rings is 2. The Morgan fingerprint density at radius 2 is 2.00 bits per heavy atom. The summed E-state index contributed by atoms with van der Waals surface area (Å²) in [6.07, 6.45) is 4.44. The van der Waals surface area contributed by atoms with Crippen LogP contribution in [0.5, 0.6) is 0 Å². The molecule has 1 amide bonds. The van der Waals surface area contributed by atoms with Crippen LogP contribution in [0.4, 0.5) is 5.69 Å². The van der Waals surface area contributed by atoms with Crippen LogP contribution < -0.4 is 5.32 Å². The Kier molecular flexibility index (Phi) is 6.07. The third-order valence-corrected chi connectivity index (χ3v) is 6.35. The Morgan fingerprint density at radius 1 is 1.21 bits per heavy atom. The van der Waals surface area contributed by atoms with E-state index < -0.39 is 0 Å². The number of carbonyl (C=O) groups excluding carboxylic acids is 1. The van der Waals surface area contributed by atoms with E-state index >= 15 is 0 Å². The van der Waals surface area contributed by atoms with Crippen molar-refractivity contribution in [1.82, 2.24) is 9.88 Å². The molecule has 1 fully saturated rings. The van der Waals surface area contributed by atoms with E-state index in [1.165, 1.54) is 22.0 Å². The van der Waals surface area contributed by atoms with Crippen molar-refractivity contribution < 1.29 is 4.79 Å². The van der Waals surface area contributed by atoms with Gasteiger partial charge in [0, 0.05) is 39.7 Å². The molecule has 0 atom stereocenters. The standard InChI is InChI=1S/C24H28BrN3O/c1-16(2)24(29)27-21-5-3-4-18(12-21)17-8-10-28(11-9-17)15-19-14-26-23-7-6-20(25)13-22(19)23/h3-7,12-14,16-17,26H,8-11,15H2,1-2H3,(H,27,29). The number of carbonyl (C=O) groups is 1. The van der Waals surface area contributed by atoms with Crippen LogP contribution in [-0.4, -0.2) is 28.9 Å². The highest BCUT2D eigenvalue weighted by Gasteiger charge is 2.22. The van der Waals surface area contributed by atoms with Gasteiger partial charge < -0.3 is 10.3 Å². The molecule has 2 heterocycles. The number of hydrogen-bond acceptors (Lipinski definition) is 2. The number of aromatic nitrogens is 1. The third-order valence-electron chi connectivity index (χ3n) is 5.86. The predicted octanol–water partition coefficient (Wildman–Crippen LogP) is 5.90. The number of rotatable bonds is 5. The Hall–Kier alpha value is -2.11. The summed E-state index contributed by atoms with van der Waals surface area (Å²) in [5.74, 6) is 0.619. The van der Waals surface area contributed by atoms with E-state index in [4.69, 9.17) is 0 Å². The first-order valence-corrected chi connectivity index (χ1v) is 11.2. The minimum absolute atomic E-state index is 0.00738. The second-order valence-corrected chi connectivity index (χ2v) is 9.24. The second kappa shape index (κ2) is 8.72. The fourth-order valence-corrected chi connectivity index (χ4v) is 4.46. The van der Waals surface area contributed by atoms with Gasteiger partial charge in [0.05, 0.1) is 0 Å². The zero-order valence-electron chi connectivity index (χ0n) is 17.0. The molecular formula is C24H28BrN3O. The fourth-order valence-electron chi connectivity index (χ4n) is 4.10. The van der Waals surface area contributed by atoms with Crippen LogP contribution in [0.3, 0.4) is 0 Å². The summed E-state index contributed by atoms with van der Waals surface area (Å²) in [5, 5.41) is 4.33. The van der Waals surface area contributed by atoms with Crippen molar-refractivity contribution in [1.29, 1.82) is 0 Å². The Labute approximate surface area is 180 Å². The van der Waals surface area contributed by atoms with Crippen molar-refractivity contribution in [2.75, 3.05) is 18.4 Å². The Bertz CT molecular complexity index is 1000. The summed E-state index contributed by atoms with van der Waals surface area (Å²) >= 11 is 3.58. The molecule has 29 heavy (non-hydrogen) atoms. The minimum atomic E-state index is -0.00738. The number of piperidine rings is 1. The summed E-state index contributed by atoms with van der Waals surface area (Å²) in [7, 11) is 0. The Balaban J connectivity index is 1.38. The predicted molar refractivity (Wildman–Crippen MR) is 123 cm³/mol. The van der Waals surface area contributed by atoms with Gasteiger partial charge in [0.15, 0.2) is 0 Å². The highest BCUT2D eigenvalue weighted by Crippen LogP contribution is 2.31. The zero-order chi connectivity index (χ0) is 20.4. The molecule has 2 aromatic carbocycles. The number of fused-ring (bicyclic) bond motifs is 1. The number of aromatic amines is 1. The highest BCUT2D eigenvalue weighted by molar-refractivity contribution is 9.10. The maximum absolute atomic E-state index is 12.0. The SMILES string of the molecule is CC(C)C(=O)Nc1cccc(C2CCN(Cc3c[nH]c4ccc(Br)cc34)CC2)c1. The van der Waals surface area contributed by atoms with Gasteiger partial charge in [-0.1, -0.05) is 41.9 Å². The molecule has 0 bridgehead atoms. The molecule has 0 saturated carbocycles. The molecule has 5 heteroatoms.